The van der Waals surface area contributed by atoms with Crippen molar-refractivity contribution in [2.45, 2.75) is 6.92 Å². The van der Waals surface area contributed by atoms with E-state index in [-0.39, 0.29) is 17.1 Å². The topological polar surface area (TPSA) is 55.8 Å². The molecule has 27 heavy (non-hydrogen) atoms. The summed E-state index contributed by atoms with van der Waals surface area (Å²) in [5, 5.41) is 0.488. The summed E-state index contributed by atoms with van der Waals surface area (Å²) < 4.78 is 10.1. The number of amides is 1. The molecule has 0 radical (unpaired) electrons. The fraction of sp³-hybridized carbons (Fsp3) is 0.143. The van der Waals surface area contributed by atoms with E-state index in [4.69, 9.17) is 21.1 Å². The highest BCUT2D eigenvalue weighted by Gasteiger charge is 2.38. The first-order valence-corrected chi connectivity index (χ1v) is 8.60. The van der Waals surface area contributed by atoms with E-state index in [0.29, 0.717) is 27.7 Å². The number of hydrogen-bond donors (Lipinski definition) is 0. The fourth-order valence-electron chi connectivity index (χ4n) is 2.97. The van der Waals surface area contributed by atoms with Crippen molar-refractivity contribution in [1.29, 1.82) is 0 Å². The van der Waals surface area contributed by atoms with Crippen LogP contribution in [0.15, 0.2) is 65.4 Å². The summed E-state index contributed by atoms with van der Waals surface area (Å²) in [6.45, 7) is 1.71. The Morgan fingerprint density at radius 1 is 1.07 bits per heavy atom. The van der Waals surface area contributed by atoms with Gasteiger partial charge in [-0.05, 0) is 48.9 Å². The molecule has 0 aromatic heterocycles. The Labute approximate surface area is 162 Å². The summed E-state index contributed by atoms with van der Waals surface area (Å²) in [6.07, 6.45) is 1.62. The average Bonchev–Trinajstić information content (AvgIpc) is 2.93. The normalized spacial score (nSPS) is 15.5. The second kappa shape index (κ2) is 7.68. The molecule has 0 bridgehead atoms. The minimum atomic E-state index is -0.574. The van der Waals surface area contributed by atoms with Gasteiger partial charge >= 0.3 is 5.97 Å². The fourth-order valence-corrected chi connectivity index (χ4v) is 3.16. The molecule has 0 saturated heterocycles. The van der Waals surface area contributed by atoms with Gasteiger partial charge in [0.2, 0.25) is 0 Å². The number of carbonyl (C=O) groups is 2. The van der Waals surface area contributed by atoms with E-state index >= 15 is 0 Å². The summed E-state index contributed by atoms with van der Waals surface area (Å²) in [7, 11) is 2.86. The van der Waals surface area contributed by atoms with Crippen LogP contribution in [0.5, 0.6) is 5.75 Å². The molecule has 0 atom stereocenters. The summed E-state index contributed by atoms with van der Waals surface area (Å²) in [5.74, 6) is -0.222. The quantitative estimate of drug-likeness (QED) is 0.585. The number of rotatable bonds is 4. The smallest absolute Gasteiger partial charge is 0.340 e. The summed E-state index contributed by atoms with van der Waals surface area (Å²) in [6, 6.07) is 14.1. The predicted octanol–water partition coefficient (Wildman–Crippen LogP) is 4.23. The molecule has 0 spiro atoms. The average molecular weight is 384 g/mol. The van der Waals surface area contributed by atoms with E-state index in [9.17, 15) is 9.59 Å². The number of nitrogens with zero attached hydrogens (tertiary/aromatic N) is 1. The van der Waals surface area contributed by atoms with Crippen LogP contribution in [0.2, 0.25) is 5.02 Å². The van der Waals surface area contributed by atoms with Crippen molar-refractivity contribution >= 4 is 35.2 Å². The van der Waals surface area contributed by atoms with Crippen LogP contribution in [0.1, 0.15) is 12.5 Å². The lowest BCUT2D eigenvalue weighted by Gasteiger charge is -2.18. The zero-order chi connectivity index (χ0) is 19.6. The Bertz CT molecular complexity index is 960. The molecule has 0 saturated carbocycles. The molecule has 1 aliphatic heterocycles. The molecule has 138 valence electrons. The second-order valence-electron chi connectivity index (χ2n) is 5.87. The zero-order valence-corrected chi connectivity index (χ0v) is 15.9. The third-order valence-electron chi connectivity index (χ3n) is 4.33. The van der Waals surface area contributed by atoms with Gasteiger partial charge in [0, 0.05) is 16.4 Å². The molecule has 0 aliphatic carbocycles. The lowest BCUT2D eigenvalue weighted by Crippen LogP contribution is -2.24. The Hall–Kier alpha value is -3.05. The van der Waals surface area contributed by atoms with Crippen molar-refractivity contribution < 1.29 is 19.1 Å². The van der Waals surface area contributed by atoms with Crippen molar-refractivity contribution in [2.75, 3.05) is 19.1 Å². The number of ether oxygens (including phenoxy) is 2. The first kappa shape index (κ1) is 18.7. The number of anilines is 1. The van der Waals surface area contributed by atoms with Crippen LogP contribution in [0.25, 0.3) is 6.08 Å². The van der Waals surface area contributed by atoms with Gasteiger partial charge in [-0.3, -0.25) is 9.69 Å². The van der Waals surface area contributed by atoms with E-state index in [1.807, 2.05) is 6.07 Å². The van der Waals surface area contributed by atoms with Crippen LogP contribution in [0, 0.1) is 0 Å². The van der Waals surface area contributed by atoms with E-state index in [2.05, 4.69) is 0 Å². The minimum Gasteiger partial charge on any atom is -0.497 e. The van der Waals surface area contributed by atoms with Crippen LogP contribution in [-0.2, 0) is 14.3 Å². The molecular formula is C21H18ClNO4. The third kappa shape index (κ3) is 3.46. The molecule has 0 N–H and O–H groups in total. The van der Waals surface area contributed by atoms with Crippen LogP contribution < -0.4 is 9.64 Å². The largest absolute Gasteiger partial charge is 0.497 e. The molecule has 1 amide bonds. The SMILES string of the molecule is COC(=O)C1=C(C)N(c2ccc(OC)cc2)C(=O)/C1=C\c1ccccc1Cl. The van der Waals surface area contributed by atoms with Crippen molar-refractivity contribution in [1.82, 2.24) is 0 Å². The van der Waals surface area contributed by atoms with Gasteiger partial charge in [0.25, 0.3) is 5.91 Å². The van der Waals surface area contributed by atoms with Crippen molar-refractivity contribution in [3.63, 3.8) is 0 Å². The van der Waals surface area contributed by atoms with E-state index in [1.54, 1.807) is 62.6 Å². The third-order valence-corrected chi connectivity index (χ3v) is 4.67. The summed E-state index contributed by atoms with van der Waals surface area (Å²) >= 11 is 6.22. The van der Waals surface area contributed by atoms with Gasteiger partial charge in [-0.1, -0.05) is 29.8 Å². The van der Waals surface area contributed by atoms with Gasteiger partial charge in [0.1, 0.15) is 5.75 Å². The Morgan fingerprint density at radius 2 is 1.74 bits per heavy atom. The molecule has 0 fully saturated rings. The number of carbonyl (C=O) groups excluding carboxylic acids is 2. The van der Waals surface area contributed by atoms with Crippen molar-refractivity contribution in [2.24, 2.45) is 0 Å². The van der Waals surface area contributed by atoms with E-state index < -0.39 is 5.97 Å². The standard InChI is InChI=1S/C21H18ClNO4/c1-13-19(21(25)27-3)17(12-14-6-4-5-7-18(14)22)20(24)23(13)15-8-10-16(26-2)11-9-15/h4-12H,1-3H3/b17-12-. The maximum atomic E-state index is 13.2. The molecule has 2 aromatic rings. The molecule has 2 aromatic carbocycles. The molecular weight excluding hydrogens is 366 g/mol. The molecule has 0 unspecified atom stereocenters. The summed E-state index contributed by atoms with van der Waals surface area (Å²) in [5.41, 5.74) is 2.23. The Kier molecular flexibility index (Phi) is 5.33. The first-order valence-electron chi connectivity index (χ1n) is 8.22. The van der Waals surface area contributed by atoms with Crippen molar-refractivity contribution in [3.8, 4) is 5.75 Å². The van der Waals surface area contributed by atoms with Gasteiger partial charge in [0.05, 0.1) is 25.4 Å². The number of benzene rings is 2. The van der Waals surface area contributed by atoms with Gasteiger partial charge in [-0.25, -0.2) is 4.79 Å². The highest BCUT2D eigenvalue weighted by atomic mass is 35.5. The number of methoxy groups -OCH3 is 2. The van der Waals surface area contributed by atoms with Crippen LogP contribution in [0.4, 0.5) is 5.69 Å². The maximum Gasteiger partial charge on any atom is 0.340 e. The highest BCUT2D eigenvalue weighted by Crippen LogP contribution is 2.36. The summed E-state index contributed by atoms with van der Waals surface area (Å²) in [4.78, 5) is 27.0. The number of hydrogen-bond acceptors (Lipinski definition) is 4. The van der Waals surface area contributed by atoms with E-state index in [1.165, 1.54) is 12.0 Å². The predicted molar refractivity (Wildman–Crippen MR) is 105 cm³/mol. The number of allylic oxidation sites excluding steroid dienone is 1. The minimum absolute atomic E-state index is 0.221. The van der Waals surface area contributed by atoms with Crippen LogP contribution >= 0.6 is 11.6 Å². The molecule has 3 rings (SSSR count). The lowest BCUT2D eigenvalue weighted by molar-refractivity contribution is -0.136. The van der Waals surface area contributed by atoms with Gasteiger partial charge in [-0.2, -0.15) is 0 Å². The van der Waals surface area contributed by atoms with Crippen LogP contribution in [-0.4, -0.2) is 26.1 Å². The lowest BCUT2D eigenvalue weighted by atomic mass is 10.0. The molecule has 1 aliphatic rings. The monoisotopic (exact) mass is 383 g/mol. The van der Waals surface area contributed by atoms with Gasteiger partial charge < -0.3 is 9.47 Å². The van der Waals surface area contributed by atoms with Gasteiger partial charge in [0.15, 0.2) is 0 Å². The van der Waals surface area contributed by atoms with Crippen LogP contribution in [0.3, 0.4) is 0 Å². The zero-order valence-electron chi connectivity index (χ0n) is 15.2. The number of halogens is 1. The molecule has 1 heterocycles. The second-order valence-corrected chi connectivity index (χ2v) is 6.28. The first-order chi connectivity index (χ1) is 13.0. The Morgan fingerprint density at radius 3 is 2.33 bits per heavy atom. The molecule has 6 heteroatoms. The van der Waals surface area contributed by atoms with E-state index in [0.717, 1.165) is 0 Å². The van der Waals surface area contributed by atoms with Gasteiger partial charge in [-0.15, -0.1) is 0 Å². The number of esters is 1. The highest BCUT2D eigenvalue weighted by molar-refractivity contribution is 6.32. The Balaban J connectivity index is 2.13. The molecule has 5 nitrogen and oxygen atoms in total. The maximum absolute atomic E-state index is 13.2. The van der Waals surface area contributed by atoms with Crippen molar-refractivity contribution in [3.05, 3.63) is 76.0 Å².